The minimum atomic E-state index is -0.274. The van der Waals surface area contributed by atoms with Gasteiger partial charge in [0.2, 0.25) is 0 Å². The summed E-state index contributed by atoms with van der Waals surface area (Å²) in [7, 11) is 5.92. The van der Waals surface area contributed by atoms with E-state index in [0.29, 0.717) is 11.0 Å². The van der Waals surface area contributed by atoms with Crippen LogP contribution in [-0.2, 0) is 0 Å². The van der Waals surface area contributed by atoms with Crippen molar-refractivity contribution in [2.45, 2.75) is 19.1 Å². The van der Waals surface area contributed by atoms with Crippen molar-refractivity contribution in [1.82, 2.24) is 0 Å². The van der Waals surface area contributed by atoms with Gasteiger partial charge >= 0.3 is 0 Å². The lowest BCUT2D eigenvalue weighted by atomic mass is 10.2. The smallest absolute Gasteiger partial charge is 0.189 e. The molecule has 4 heteroatoms. The van der Waals surface area contributed by atoms with Gasteiger partial charge in [-0.05, 0) is 13.0 Å². The van der Waals surface area contributed by atoms with Gasteiger partial charge in [-0.15, -0.1) is 0 Å². The van der Waals surface area contributed by atoms with Crippen LogP contribution in [0, 0.1) is 0 Å². The van der Waals surface area contributed by atoms with Crippen molar-refractivity contribution >= 4 is 0 Å². The summed E-state index contributed by atoms with van der Waals surface area (Å²) in [6, 6.07) is 0. The minimum absolute atomic E-state index is 0. The van der Waals surface area contributed by atoms with Crippen molar-refractivity contribution in [1.29, 1.82) is 0 Å². The van der Waals surface area contributed by atoms with Gasteiger partial charge in [0.15, 0.2) is 6.23 Å². The molecule has 1 unspecified atom stereocenters. The summed E-state index contributed by atoms with van der Waals surface area (Å²) in [6.07, 6.45) is 1.42. The second-order valence-electron chi connectivity index (χ2n) is 3.53. The first-order valence-electron chi connectivity index (χ1n) is 3.67. The maximum absolute atomic E-state index is 9.43. The van der Waals surface area contributed by atoms with E-state index in [1.54, 1.807) is 0 Å². The predicted octanol–water partition coefficient (Wildman–Crippen LogP) is -1.07. The third kappa shape index (κ3) is 6.25. The zero-order valence-corrected chi connectivity index (χ0v) is 7.67. The summed E-state index contributed by atoms with van der Waals surface area (Å²) in [6.45, 7) is 0.664. The van der Waals surface area contributed by atoms with Gasteiger partial charge in [-0.2, -0.15) is 0 Å². The lowest BCUT2D eigenvalue weighted by Crippen LogP contribution is -2.45. The maximum atomic E-state index is 9.43. The van der Waals surface area contributed by atoms with E-state index in [1.807, 2.05) is 21.1 Å². The van der Waals surface area contributed by atoms with Crippen LogP contribution in [0.4, 0.5) is 0 Å². The van der Waals surface area contributed by atoms with Gasteiger partial charge in [0.25, 0.3) is 0 Å². The van der Waals surface area contributed by atoms with E-state index < -0.39 is 0 Å². The van der Waals surface area contributed by atoms with Crippen LogP contribution in [0.3, 0.4) is 0 Å². The van der Waals surface area contributed by atoms with Crippen molar-refractivity contribution < 1.29 is 15.1 Å². The van der Waals surface area contributed by atoms with Crippen LogP contribution < -0.4 is 5.73 Å². The highest BCUT2D eigenvalue weighted by Gasteiger charge is 2.18. The van der Waals surface area contributed by atoms with Gasteiger partial charge in [-0.1, -0.05) is 0 Å². The van der Waals surface area contributed by atoms with Crippen LogP contribution in [0.1, 0.15) is 12.8 Å². The molecule has 0 rings (SSSR count). The SMILES string of the molecule is C[N+](C)(C)C(O)CCCN.O. The molecule has 0 aromatic rings. The van der Waals surface area contributed by atoms with Crippen LogP contribution in [0.2, 0.25) is 0 Å². The molecule has 11 heavy (non-hydrogen) atoms. The van der Waals surface area contributed by atoms with Crippen LogP contribution in [-0.4, -0.2) is 49.0 Å². The molecule has 0 bridgehead atoms. The molecule has 0 aliphatic carbocycles. The van der Waals surface area contributed by atoms with Crippen molar-refractivity contribution in [3.63, 3.8) is 0 Å². The van der Waals surface area contributed by atoms with Crippen LogP contribution in [0.15, 0.2) is 0 Å². The average Bonchev–Trinajstić information content (AvgIpc) is 1.80. The van der Waals surface area contributed by atoms with Gasteiger partial charge in [0.05, 0.1) is 21.1 Å². The normalized spacial score (nSPS) is 13.9. The molecule has 0 fully saturated rings. The number of hydrogen-bond donors (Lipinski definition) is 2. The fourth-order valence-corrected chi connectivity index (χ4v) is 0.688. The van der Waals surface area contributed by atoms with E-state index in [1.165, 1.54) is 0 Å². The lowest BCUT2D eigenvalue weighted by Gasteiger charge is -2.29. The number of rotatable bonds is 4. The molecular formula is C7H21N2O2+. The first-order valence-corrected chi connectivity index (χ1v) is 3.67. The minimum Gasteiger partial charge on any atom is -0.412 e. The monoisotopic (exact) mass is 165 g/mol. The quantitative estimate of drug-likeness (QED) is 0.411. The topological polar surface area (TPSA) is 77.8 Å². The summed E-state index contributed by atoms with van der Waals surface area (Å²) < 4.78 is 0.597. The number of aliphatic hydroxyl groups is 1. The highest BCUT2D eigenvalue weighted by Crippen LogP contribution is 2.04. The van der Waals surface area contributed by atoms with E-state index in [0.717, 1.165) is 12.8 Å². The molecule has 0 saturated carbocycles. The Balaban J connectivity index is 0. The molecule has 0 aliphatic heterocycles. The van der Waals surface area contributed by atoms with E-state index in [9.17, 15) is 5.11 Å². The van der Waals surface area contributed by atoms with Gasteiger partial charge in [-0.3, -0.25) is 0 Å². The Morgan fingerprint density at radius 1 is 1.36 bits per heavy atom. The summed E-state index contributed by atoms with van der Waals surface area (Å²) in [4.78, 5) is 0. The predicted molar refractivity (Wildman–Crippen MR) is 45.9 cm³/mol. The molecule has 1 atom stereocenters. The van der Waals surface area contributed by atoms with Crippen LogP contribution in [0.5, 0.6) is 0 Å². The Hall–Kier alpha value is -0.160. The molecular weight excluding hydrogens is 144 g/mol. The zero-order chi connectivity index (χ0) is 8.20. The third-order valence-corrected chi connectivity index (χ3v) is 1.56. The van der Waals surface area contributed by atoms with Gasteiger partial charge in [0, 0.05) is 6.42 Å². The van der Waals surface area contributed by atoms with Crippen molar-refractivity contribution in [3.05, 3.63) is 0 Å². The van der Waals surface area contributed by atoms with Crippen LogP contribution in [0.25, 0.3) is 0 Å². The Labute approximate surface area is 68.5 Å². The molecule has 0 aromatic carbocycles. The highest BCUT2D eigenvalue weighted by molar-refractivity contribution is 4.43. The molecule has 0 spiro atoms. The molecule has 4 nitrogen and oxygen atoms in total. The van der Waals surface area contributed by atoms with E-state index in [4.69, 9.17) is 5.73 Å². The van der Waals surface area contributed by atoms with Crippen molar-refractivity contribution in [2.24, 2.45) is 5.73 Å². The van der Waals surface area contributed by atoms with E-state index in [-0.39, 0.29) is 11.7 Å². The number of nitrogens with zero attached hydrogens (tertiary/aromatic N) is 1. The molecule has 0 radical (unpaired) electrons. The summed E-state index contributed by atoms with van der Waals surface area (Å²) in [5, 5.41) is 9.43. The second-order valence-corrected chi connectivity index (χ2v) is 3.53. The molecule has 0 heterocycles. The maximum Gasteiger partial charge on any atom is 0.189 e. The number of nitrogens with two attached hydrogens (primary N) is 1. The standard InChI is InChI=1S/C7H19N2O.H2O/c1-9(2,3)7(10)5-4-6-8;/h7,10H,4-6,8H2,1-3H3;1H2/q+1;. The molecule has 0 saturated heterocycles. The number of quaternary nitrogens is 1. The van der Waals surface area contributed by atoms with Gasteiger partial charge in [0.1, 0.15) is 0 Å². The Morgan fingerprint density at radius 3 is 2.09 bits per heavy atom. The van der Waals surface area contributed by atoms with Gasteiger partial charge < -0.3 is 20.8 Å². The van der Waals surface area contributed by atoms with E-state index >= 15 is 0 Å². The Kier molecular flexibility index (Phi) is 6.70. The lowest BCUT2D eigenvalue weighted by molar-refractivity contribution is -0.919. The van der Waals surface area contributed by atoms with Gasteiger partial charge in [-0.25, -0.2) is 0 Å². The van der Waals surface area contributed by atoms with E-state index in [2.05, 4.69) is 0 Å². The van der Waals surface area contributed by atoms with Crippen molar-refractivity contribution in [3.8, 4) is 0 Å². The average molecular weight is 165 g/mol. The molecule has 0 amide bonds. The fourth-order valence-electron chi connectivity index (χ4n) is 0.688. The second kappa shape index (κ2) is 5.49. The first-order chi connectivity index (χ1) is 4.48. The number of aliphatic hydroxyl groups excluding tert-OH is 1. The summed E-state index contributed by atoms with van der Waals surface area (Å²) in [5.74, 6) is 0. The largest absolute Gasteiger partial charge is 0.412 e. The molecule has 5 N–H and O–H groups in total. The third-order valence-electron chi connectivity index (χ3n) is 1.56. The van der Waals surface area contributed by atoms with Crippen LogP contribution >= 0.6 is 0 Å². The zero-order valence-electron chi connectivity index (χ0n) is 7.67. The first kappa shape index (κ1) is 13.4. The van der Waals surface area contributed by atoms with Crippen molar-refractivity contribution in [2.75, 3.05) is 27.7 Å². The molecule has 0 aliphatic rings. The molecule has 70 valence electrons. The fraction of sp³-hybridized carbons (Fsp3) is 1.00. The number of hydrogen-bond acceptors (Lipinski definition) is 2. The molecule has 0 aromatic heterocycles. The summed E-state index contributed by atoms with van der Waals surface area (Å²) in [5.41, 5.74) is 5.30. The Bertz CT molecular complexity index is 90.9. The highest BCUT2D eigenvalue weighted by atomic mass is 16.3. The Morgan fingerprint density at radius 2 is 1.82 bits per heavy atom. The summed E-state index contributed by atoms with van der Waals surface area (Å²) >= 11 is 0.